The summed E-state index contributed by atoms with van der Waals surface area (Å²) in [5.41, 5.74) is 2.74. The van der Waals surface area contributed by atoms with E-state index in [9.17, 15) is 14.9 Å². The molecule has 0 atom stereocenters. The number of hydrogen-bond donors (Lipinski definition) is 2. The predicted octanol–water partition coefficient (Wildman–Crippen LogP) is 3.36. The van der Waals surface area contributed by atoms with Gasteiger partial charge in [0.25, 0.3) is 0 Å². The first-order valence-electron chi connectivity index (χ1n) is 9.15. The summed E-state index contributed by atoms with van der Waals surface area (Å²) in [6, 6.07) is 10.4. The van der Waals surface area contributed by atoms with Crippen LogP contribution in [0.15, 0.2) is 30.5 Å². The van der Waals surface area contributed by atoms with Crippen LogP contribution in [0.25, 0.3) is 11.1 Å². The zero-order valence-corrected chi connectivity index (χ0v) is 16.0. The molecule has 146 valence electrons. The van der Waals surface area contributed by atoms with Crippen LogP contribution in [0.4, 0.5) is 10.1 Å². The average Bonchev–Trinajstić information content (AvgIpc) is 2.77. The van der Waals surface area contributed by atoms with Crippen LogP contribution >= 0.6 is 0 Å². The van der Waals surface area contributed by atoms with Crippen molar-refractivity contribution in [1.82, 2.24) is 9.88 Å². The van der Waals surface area contributed by atoms with Crippen LogP contribution in [0.1, 0.15) is 24.0 Å². The summed E-state index contributed by atoms with van der Waals surface area (Å²) >= 11 is 0. The lowest BCUT2D eigenvalue weighted by atomic mass is 9.92. The normalized spacial score (nSPS) is 14.0. The molecule has 2 N–H and O–H groups in total. The summed E-state index contributed by atoms with van der Waals surface area (Å²) in [5, 5.41) is 34.6. The van der Waals surface area contributed by atoms with Gasteiger partial charge in [-0.3, -0.25) is 10.8 Å². The molecule has 0 unspecified atom stereocenters. The molecule has 3 rings (SSSR count). The molecule has 0 spiro atoms. The third kappa shape index (κ3) is 4.07. The number of rotatable bonds is 4. The molecular formula is C21H20FN7. The molecule has 7 nitrogen and oxygen atoms in total. The second-order valence-electron chi connectivity index (χ2n) is 6.90. The van der Waals surface area contributed by atoms with Crippen molar-refractivity contribution in [2.45, 2.75) is 12.8 Å². The summed E-state index contributed by atoms with van der Waals surface area (Å²) in [6.07, 6.45) is 3.95. The Labute approximate surface area is 168 Å². The van der Waals surface area contributed by atoms with E-state index in [1.54, 1.807) is 25.2 Å². The molecule has 1 aromatic heterocycles. The summed E-state index contributed by atoms with van der Waals surface area (Å²) in [5.74, 6) is -0.150. The van der Waals surface area contributed by atoms with Gasteiger partial charge in [0.15, 0.2) is 0 Å². The highest BCUT2D eigenvalue weighted by atomic mass is 19.1. The molecule has 1 aromatic carbocycles. The number of nitrogens with zero attached hydrogens (tertiary/aromatic N) is 5. The molecule has 2 aromatic rings. The molecule has 1 fully saturated rings. The van der Waals surface area contributed by atoms with Crippen LogP contribution in [0, 0.1) is 45.3 Å². The molecule has 1 aliphatic heterocycles. The summed E-state index contributed by atoms with van der Waals surface area (Å²) in [6.45, 7) is 1.25. The molecule has 0 saturated carbocycles. The summed E-state index contributed by atoms with van der Waals surface area (Å²) < 4.78 is 13.3. The Balaban J connectivity index is 1.98. The van der Waals surface area contributed by atoms with Crippen LogP contribution < -0.4 is 4.90 Å². The standard InChI is InChI=1S/C21H20FN7/c1-28(13-25)21(26)15-4-6-29(7-5-15)20-17(11-24)8-14(10-23)9-18(20)16-2-3-19(22)27-12-16/h2-3,8-9,12-13,15,25-26H,4-7H2,1H3. The number of nitriles is 2. The second-order valence-corrected chi connectivity index (χ2v) is 6.90. The lowest BCUT2D eigenvalue weighted by Gasteiger charge is -2.36. The molecule has 8 heteroatoms. The third-order valence-electron chi connectivity index (χ3n) is 5.17. The van der Waals surface area contributed by atoms with E-state index in [1.165, 1.54) is 17.2 Å². The fourth-order valence-electron chi connectivity index (χ4n) is 3.61. The Kier molecular flexibility index (Phi) is 5.85. The maximum Gasteiger partial charge on any atom is 0.212 e. The van der Waals surface area contributed by atoms with Gasteiger partial charge in [0.2, 0.25) is 5.95 Å². The number of piperidine rings is 1. The van der Waals surface area contributed by atoms with Crippen LogP contribution in [0.5, 0.6) is 0 Å². The quantitative estimate of drug-likeness (QED) is 0.473. The van der Waals surface area contributed by atoms with Crippen molar-refractivity contribution in [1.29, 1.82) is 21.3 Å². The van der Waals surface area contributed by atoms with Crippen molar-refractivity contribution in [3.05, 3.63) is 47.5 Å². The van der Waals surface area contributed by atoms with Crippen molar-refractivity contribution in [2.75, 3.05) is 25.0 Å². The summed E-state index contributed by atoms with van der Waals surface area (Å²) in [7, 11) is 1.69. The number of amidine groups is 1. The lowest BCUT2D eigenvalue weighted by molar-refractivity contribution is 0.473. The second kappa shape index (κ2) is 8.49. The van der Waals surface area contributed by atoms with Crippen molar-refractivity contribution < 1.29 is 4.39 Å². The maximum atomic E-state index is 13.3. The van der Waals surface area contributed by atoms with Gasteiger partial charge in [-0.25, -0.2) is 4.98 Å². The smallest absolute Gasteiger partial charge is 0.212 e. The topological polar surface area (TPSA) is 115 Å². The first kappa shape index (κ1) is 20.0. The van der Waals surface area contributed by atoms with Gasteiger partial charge >= 0.3 is 0 Å². The molecule has 0 amide bonds. The first-order chi connectivity index (χ1) is 14.0. The lowest BCUT2D eigenvalue weighted by Crippen LogP contribution is -2.41. The molecule has 0 bridgehead atoms. The third-order valence-corrected chi connectivity index (χ3v) is 5.17. The van der Waals surface area contributed by atoms with Gasteiger partial charge in [-0.1, -0.05) is 0 Å². The maximum absolute atomic E-state index is 13.3. The number of halogens is 1. The van der Waals surface area contributed by atoms with E-state index in [1.807, 2.05) is 0 Å². The zero-order valence-electron chi connectivity index (χ0n) is 16.0. The van der Waals surface area contributed by atoms with Gasteiger partial charge < -0.3 is 9.80 Å². The Hall–Kier alpha value is -3.78. The van der Waals surface area contributed by atoms with Crippen LogP contribution in [0.2, 0.25) is 0 Å². The van der Waals surface area contributed by atoms with E-state index in [4.69, 9.17) is 10.8 Å². The van der Waals surface area contributed by atoms with Gasteiger partial charge in [-0.15, -0.1) is 0 Å². The molecule has 0 radical (unpaired) electrons. The Morgan fingerprint density at radius 2 is 2.00 bits per heavy atom. The highest BCUT2D eigenvalue weighted by molar-refractivity contribution is 5.91. The van der Waals surface area contributed by atoms with Gasteiger partial charge in [-0.05, 0) is 37.1 Å². The highest BCUT2D eigenvalue weighted by Gasteiger charge is 2.27. The fraction of sp³-hybridized carbons (Fsp3) is 0.286. The number of hydrogen-bond acceptors (Lipinski definition) is 6. The van der Waals surface area contributed by atoms with Crippen molar-refractivity contribution in [3.8, 4) is 23.3 Å². The molecule has 29 heavy (non-hydrogen) atoms. The largest absolute Gasteiger partial charge is 0.370 e. The molecule has 2 heterocycles. The van der Waals surface area contributed by atoms with E-state index in [-0.39, 0.29) is 5.92 Å². The SMILES string of the molecule is CN(C=N)C(=N)C1CCN(c2c(C#N)cc(C#N)cc2-c2ccc(F)nc2)CC1. The minimum absolute atomic E-state index is 0.0395. The first-order valence-corrected chi connectivity index (χ1v) is 9.15. The van der Waals surface area contributed by atoms with Crippen molar-refractivity contribution >= 4 is 17.9 Å². The van der Waals surface area contributed by atoms with Gasteiger partial charge in [-0.2, -0.15) is 14.9 Å². The molecule has 0 aliphatic carbocycles. The minimum atomic E-state index is -0.595. The van der Waals surface area contributed by atoms with E-state index in [0.717, 1.165) is 6.34 Å². The van der Waals surface area contributed by atoms with E-state index in [2.05, 4.69) is 22.0 Å². The molecule has 1 aliphatic rings. The van der Waals surface area contributed by atoms with Gasteiger partial charge in [0.1, 0.15) is 11.9 Å². The van der Waals surface area contributed by atoms with Crippen LogP contribution in [-0.2, 0) is 0 Å². The Morgan fingerprint density at radius 1 is 1.28 bits per heavy atom. The predicted molar refractivity (Wildman–Crippen MR) is 108 cm³/mol. The van der Waals surface area contributed by atoms with Crippen molar-refractivity contribution in [2.24, 2.45) is 5.92 Å². The monoisotopic (exact) mass is 389 g/mol. The zero-order chi connectivity index (χ0) is 21.0. The molecule has 1 saturated heterocycles. The summed E-state index contributed by atoms with van der Waals surface area (Å²) in [4.78, 5) is 7.29. The fourth-order valence-corrected chi connectivity index (χ4v) is 3.61. The highest BCUT2D eigenvalue weighted by Crippen LogP contribution is 2.37. The number of anilines is 1. The number of pyridine rings is 1. The number of nitrogens with one attached hydrogen (secondary N) is 2. The van der Waals surface area contributed by atoms with Crippen LogP contribution in [0.3, 0.4) is 0 Å². The van der Waals surface area contributed by atoms with E-state index >= 15 is 0 Å². The van der Waals surface area contributed by atoms with Crippen molar-refractivity contribution in [3.63, 3.8) is 0 Å². The average molecular weight is 389 g/mol. The van der Waals surface area contributed by atoms with Crippen LogP contribution in [-0.4, -0.2) is 42.2 Å². The van der Waals surface area contributed by atoms with Gasteiger partial charge in [0, 0.05) is 43.4 Å². The number of aromatic nitrogens is 1. The van der Waals surface area contributed by atoms with Gasteiger partial charge in [0.05, 0.1) is 29.2 Å². The Morgan fingerprint density at radius 3 is 2.55 bits per heavy atom. The number of benzene rings is 1. The van der Waals surface area contributed by atoms with E-state index in [0.29, 0.717) is 59.7 Å². The minimum Gasteiger partial charge on any atom is -0.370 e. The van der Waals surface area contributed by atoms with E-state index < -0.39 is 5.95 Å². The molecular weight excluding hydrogens is 369 g/mol. The Bertz CT molecular complexity index is 1010.